The fourth-order valence-corrected chi connectivity index (χ4v) is 5.01. The maximum atomic E-state index is 15.4. The number of halogens is 3. The Hall–Kier alpha value is -4.34. The van der Waals surface area contributed by atoms with Crippen molar-refractivity contribution in [3.8, 4) is 17.1 Å². The second-order valence-corrected chi connectivity index (χ2v) is 10.2. The van der Waals surface area contributed by atoms with E-state index in [1.165, 1.54) is 24.3 Å². The minimum atomic E-state index is -1.02. The van der Waals surface area contributed by atoms with Gasteiger partial charge in [-0.15, -0.1) is 0 Å². The van der Waals surface area contributed by atoms with Gasteiger partial charge < -0.3 is 19.1 Å². The van der Waals surface area contributed by atoms with Crippen molar-refractivity contribution in [1.29, 1.82) is 0 Å². The summed E-state index contributed by atoms with van der Waals surface area (Å²) in [5, 5.41) is 9.71. The summed E-state index contributed by atoms with van der Waals surface area (Å²) < 4.78 is 42.7. The van der Waals surface area contributed by atoms with Crippen LogP contribution in [0.4, 0.5) is 8.78 Å². The van der Waals surface area contributed by atoms with Gasteiger partial charge in [-0.25, -0.2) is 23.5 Å². The van der Waals surface area contributed by atoms with E-state index in [0.29, 0.717) is 47.7 Å². The Bertz CT molecular complexity index is 1750. The van der Waals surface area contributed by atoms with Gasteiger partial charge in [0.2, 0.25) is 5.88 Å². The van der Waals surface area contributed by atoms with Crippen molar-refractivity contribution in [2.75, 3.05) is 6.61 Å². The number of benzene rings is 3. The largest absolute Gasteiger partial charge is 0.478 e. The summed E-state index contributed by atoms with van der Waals surface area (Å²) in [5.41, 5.74) is 3.09. The fourth-order valence-electron chi connectivity index (χ4n) is 4.80. The monoisotopic (exact) mass is 575 g/mol. The first-order valence-electron chi connectivity index (χ1n) is 13.0. The van der Waals surface area contributed by atoms with Crippen LogP contribution in [0.15, 0.2) is 72.8 Å². The van der Waals surface area contributed by atoms with Crippen LogP contribution in [-0.4, -0.2) is 38.3 Å². The summed E-state index contributed by atoms with van der Waals surface area (Å²) in [6.45, 7) is 1.10. The number of pyridine rings is 1. The highest BCUT2D eigenvalue weighted by molar-refractivity contribution is 6.31. The lowest BCUT2D eigenvalue weighted by Crippen LogP contribution is -2.31. The Morgan fingerprint density at radius 2 is 1.88 bits per heavy atom. The zero-order chi connectivity index (χ0) is 28.5. The van der Waals surface area contributed by atoms with Gasteiger partial charge in [-0.3, -0.25) is 0 Å². The minimum absolute atomic E-state index is 0.0220. The van der Waals surface area contributed by atoms with E-state index in [-0.39, 0.29) is 40.3 Å². The first-order valence-corrected chi connectivity index (χ1v) is 13.4. The van der Waals surface area contributed by atoms with Crippen molar-refractivity contribution in [2.24, 2.45) is 0 Å². The van der Waals surface area contributed by atoms with E-state index >= 15 is 4.39 Å². The second kappa shape index (κ2) is 11.3. The number of fused-ring (bicyclic) bond motifs is 1. The maximum absolute atomic E-state index is 15.4. The molecule has 3 heterocycles. The lowest BCUT2D eigenvalue weighted by atomic mass is 10.1. The smallest absolute Gasteiger partial charge is 0.335 e. The van der Waals surface area contributed by atoms with Gasteiger partial charge in [0, 0.05) is 30.2 Å². The van der Waals surface area contributed by atoms with Gasteiger partial charge in [0.15, 0.2) is 0 Å². The van der Waals surface area contributed by atoms with Crippen molar-refractivity contribution in [3.63, 3.8) is 0 Å². The molecule has 1 fully saturated rings. The van der Waals surface area contributed by atoms with E-state index in [9.17, 15) is 14.3 Å². The number of hydrogen-bond acceptors (Lipinski definition) is 5. The predicted molar refractivity (Wildman–Crippen MR) is 149 cm³/mol. The van der Waals surface area contributed by atoms with Crippen LogP contribution in [0.5, 0.6) is 5.88 Å². The summed E-state index contributed by atoms with van der Waals surface area (Å²) in [6.07, 6.45) is 1.26. The molecule has 1 aliphatic rings. The van der Waals surface area contributed by atoms with Crippen LogP contribution in [0.1, 0.15) is 33.7 Å². The van der Waals surface area contributed by atoms with Crippen molar-refractivity contribution in [1.82, 2.24) is 14.5 Å². The molecular formula is C31H24ClF2N3O4. The lowest BCUT2D eigenvalue weighted by molar-refractivity contribution is -0.0589. The van der Waals surface area contributed by atoms with E-state index in [1.807, 2.05) is 4.57 Å². The molecule has 1 unspecified atom stereocenters. The zero-order valence-corrected chi connectivity index (χ0v) is 22.4. The van der Waals surface area contributed by atoms with Gasteiger partial charge in [0.25, 0.3) is 0 Å². The third-order valence-corrected chi connectivity index (χ3v) is 7.43. The molecule has 1 saturated heterocycles. The van der Waals surface area contributed by atoms with Crippen LogP contribution in [0.2, 0.25) is 5.02 Å². The standard InChI is InChI=1S/C31H24ClF2N3O4/c32-23-3-1-4-24(33)22(23)17-41-30-6-2-5-26(36-30)21-9-7-18(13-25(21)34)14-29-35-27-10-8-19(31(38)39)15-28(27)37(29)16-20-11-12-40-20/h1-10,13,15,20H,11-12,14,16-17H2,(H,38,39). The fraction of sp³-hybridized carbons (Fsp3) is 0.194. The molecule has 1 atom stereocenters. The average molecular weight is 576 g/mol. The second-order valence-electron chi connectivity index (χ2n) is 9.77. The number of imidazole rings is 1. The van der Waals surface area contributed by atoms with Crippen molar-refractivity contribution < 1.29 is 28.2 Å². The number of hydrogen-bond donors (Lipinski definition) is 1. The number of aromatic carboxylic acids is 1. The molecule has 41 heavy (non-hydrogen) atoms. The maximum Gasteiger partial charge on any atom is 0.335 e. The van der Waals surface area contributed by atoms with Crippen LogP contribution < -0.4 is 4.74 Å². The van der Waals surface area contributed by atoms with Crippen LogP contribution in [0.25, 0.3) is 22.3 Å². The summed E-state index contributed by atoms with van der Waals surface area (Å²) >= 11 is 6.08. The first-order chi connectivity index (χ1) is 19.9. The molecule has 0 amide bonds. The van der Waals surface area contributed by atoms with Crippen LogP contribution in [-0.2, 0) is 24.3 Å². The molecule has 3 aromatic carbocycles. The molecule has 7 nitrogen and oxygen atoms in total. The number of aromatic nitrogens is 3. The van der Waals surface area contributed by atoms with Crippen molar-refractivity contribution in [3.05, 3.63) is 112 Å². The molecule has 208 valence electrons. The van der Waals surface area contributed by atoms with Crippen molar-refractivity contribution in [2.45, 2.75) is 32.1 Å². The Morgan fingerprint density at radius 1 is 1.05 bits per heavy atom. The Morgan fingerprint density at radius 3 is 2.61 bits per heavy atom. The first kappa shape index (κ1) is 26.9. The minimum Gasteiger partial charge on any atom is -0.478 e. The normalized spacial score (nSPS) is 14.7. The van der Waals surface area contributed by atoms with Gasteiger partial charge in [-0.2, -0.15) is 0 Å². The highest BCUT2D eigenvalue weighted by Gasteiger charge is 2.23. The van der Waals surface area contributed by atoms with E-state index < -0.39 is 17.6 Å². The molecule has 0 saturated carbocycles. The molecule has 0 spiro atoms. The van der Waals surface area contributed by atoms with Crippen LogP contribution >= 0.6 is 11.6 Å². The third kappa shape index (κ3) is 5.64. The molecule has 5 aromatic rings. The Labute approximate surface area is 239 Å². The molecule has 0 aliphatic carbocycles. The topological polar surface area (TPSA) is 86.5 Å². The van der Waals surface area contributed by atoms with Gasteiger partial charge in [0.1, 0.15) is 24.1 Å². The zero-order valence-electron chi connectivity index (χ0n) is 21.7. The SMILES string of the molecule is O=C(O)c1ccc2nc(Cc3ccc(-c4cccc(OCc5c(F)cccc5Cl)n4)c(F)c3)n(CC3CCO3)c2c1. The Balaban J connectivity index is 1.24. The van der Waals surface area contributed by atoms with Crippen LogP contribution in [0.3, 0.4) is 0 Å². The van der Waals surface area contributed by atoms with E-state index in [2.05, 4.69) is 4.98 Å². The van der Waals surface area contributed by atoms with Gasteiger partial charge in [0.05, 0.1) is 40.0 Å². The number of rotatable bonds is 9. The molecule has 10 heteroatoms. The molecule has 1 N–H and O–H groups in total. The highest BCUT2D eigenvalue weighted by atomic mass is 35.5. The summed E-state index contributed by atoms with van der Waals surface area (Å²) in [7, 11) is 0. The quantitative estimate of drug-likeness (QED) is 0.211. The molecule has 1 aliphatic heterocycles. The van der Waals surface area contributed by atoms with Gasteiger partial charge >= 0.3 is 5.97 Å². The van der Waals surface area contributed by atoms with E-state index in [0.717, 1.165) is 6.42 Å². The number of ether oxygens (including phenoxy) is 2. The summed E-state index contributed by atoms with van der Waals surface area (Å²) in [4.78, 5) is 20.7. The Kier molecular flexibility index (Phi) is 7.38. The van der Waals surface area contributed by atoms with E-state index in [1.54, 1.807) is 48.5 Å². The number of carbonyl (C=O) groups is 1. The number of carboxylic acids is 1. The molecule has 0 radical (unpaired) electrons. The van der Waals surface area contributed by atoms with Crippen LogP contribution in [0, 0.1) is 11.6 Å². The highest BCUT2D eigenvalue weighted by Crippen LogP contribution is 2.28. The number of carboxylic acid groups (broad SMARTS) is 1. The summed E-state index contributed by atoms with van der Waals surface area (Å²) in [6, 6.07) is 19.1. The number of nitrogens with zero attached hydrogens (tertiary/aromatic N) is 3. The van der Waals surface area contributed by atoms with E-state index in [4.69, 9.17) is 26.1 Å². The lowest BCUT2D eigenvalue weighted by Gasteiger charge is -2.27. The average Bonchev–Trinajstić information content (AvgIpc) is 3.26. The third-order valence-electron chi connectivity index (χ3n) is 7.08. The summed E-state index contributed by atoms with van der Waals surface area (Å²) in [5.74, 6) is -1.07. The van der Waals surface area contributed by atoms with Gasteiger partial charge in [-0.1, -0.05) is 29.8 Å². The predicted octanol–water partition coefficient (Wildman–Crippen LogP) is 6.69. The van der Waals surface area contributed by atoms with Crippen molar-refractivity contribution >= 4 is 28.6 Å². The van der Waals surface area contributed by atoms with Gasteiger partial charge in [-0.05, 0) is 60.5 Å². The molecule has 2 aromatic heterocycles. The molecular weight excluding hydrogens is 552 g/mol. The molecule has 6 rings (SSSR count). The molecule has 0 bridgehead atoms.